The minimum Gasteiger partial charge on any atom is -0.467 e. The number of benzene rings is 5. The smallest absolute Gasteiger partial charge is 0.328 e. The summed E-state index contributed by atoms with van der Waals surface area (Å²) in [6, 6.07) is 41.4. The molecule has 2 N–H and O–H groups in total. The van der Waals surface area contributed by atoms with Crippen LogP contribution < -0.4 is 5.32 Å². The van der Waals surface area contributed by atoms with Crippen LogP contribution in [0.25, 0.3) is 10.8 Å². The van der Waals surface area contributed by atoms with E-state index in [4.69, 9.17) is 9.72 Å². The molecule has 0 aliphatic carbocycles. The van der Waals surface area contributed by atoms with Gasteiger partial charge in [0.2, 0.25) is 0 Å². The molecule has 0 bridgehead atoms. The fraction of sp³-hybridized carbons (Fsp3) is 0.195. The van der Waals surface area contributed by atoms with Crippen LogP contribution in [0.2, 0.25) is 0 Å². The van der Waals surface area contributed by atoms with E-state index < -0.39 is 23.2 Å². The summed E-state index contributed by atoms with van der Waals surface area (Å²) >= 11 is 0. The normalized spacial score (nSPS) is 13.5. The van der Waals surface area contributed by atoms with E-state index in [0.717, 1.165) is 27.5 Å². The number of hydrogen-bond donors (Lipinski definition) is 2. The van der Waals surface area contributed by atoms with E-state index in [0.29, 0.717) is 16.8 Å². The number of methoxy groups -OCH3 is 1. The monoisotopic (exact) mass is 637 g/mol. The van der Waals surface area contributed by atoms with Gasteiger partial charge in [0.15, 0.2) is 0 Å². The molecule has 2 atom stereocenters. The predicted octanol–water partition coefficient (Wildman–Crippen LogP) is 7.06. The first-order valence-electron chi connectivity index (χ1n) is 16.1. The predicted molar refractivity (Wildman–Crippen MR) is 188 cm³/mol. The fourth-order valence-electron chi connectivity index (χ4n) is 6.61. The van der Waals surface area contributed by atoms with Crippen LogP contribution in [0.3, 0.4) is 0 Å². The minimum atomic E-state index is -1.43. The summed E-state index contributed by atoms with van der Waals surface area (Å²) in [6.45, 7) is 5.55. The number of amides is 1. The van der Waals surface area contributed by atoms with Gasteiger partial charge in [-0.2, -0.15) is 0 Å². The van der Waals surface area contributed by atoms with Crippen LogP contribution in [-0.4, -0.2) is 39.7 Å². The maximum atomic E-state index is 12.8. The Morgan fingerprint density at radius 2 is 1.25 bits per heavy atom. The second-order valence-corrected chi connectivity index (χ2v) is 12.4. The molecule has 6 aromatic rings. The molecular formula is C41H39N3O4. The van der Waals surface area contributed by atoms with E-state index in [9.17, 15) is 14.7 Å². The summed E-state index contributed by atoms with van der Waals surface area (Å²) in [5, 5.41) is 17.0. The van der Waals surface area contributed by atoms with E-state index in [1.165, 1.54) is 7.11 Å². The molecule has 0 aliphatic heterocycles. The third-order valence-corrected chi connectivity index (χ3v) is 9.22. The lowest BCUT2D eigenvalue weighted by Gasteiger charge is -2.37. The number of nitrogens with zero attached hydrogens (tertiary/aromatic N) is 2. The molecule has 5 aromatic carbocycles. The largest absolute Gasteiger partial charge is 0.467 e. The first kappa shape index (κ1) is 32.4. The Morgan fingerprint density at radius 1 is 0.729 bits per heavy atom. The molecule has 7 nitrogen and oxygen atoms in total. The van der Waals surface area contributed by atoms with Crippen molar-refractivity contribution in [2.45, 2.75) is 38.0 Å². The number of rotatable bonds is 10. The molecule has 1 unspecified atom stereocenters. The van der Waals surface area contributed by atoms with Gasteiger partial charge in [-0.1, -0.05) is 123 Å². The van der Waals surface area contributed by atoms with Crippen molar-refractivity contribution in [1.82, 2.24) is 14.9 Å². The number of aliphatic hydroxyl groups is 1. The average Bonchev–Trinajstić information content (AvgIpc) is 3.63. The van der Waals surface area contributed by atoms with E-state index >= 15 is 0 Å². The van der Waals surface area contributed by atoms with Gasteiger partial charge >= 0.3 is 5.97 Å². The minimum absolute atomic E-state index is 0.234. The molecule has 1 amide bonds. The number of hydrogen-bond acceptors (Lipinski definition) is 5. The van der Waals surface area contributed by atoms with Gasteiger partial charge in [0.1, 0.15) is 17.2 Å². The highest BCUT2D eigenvalue weighted by molar-refractivity contribution is 6.00. The molecule has 1 aromatic heterocycles. The summed E-state index contributed by atoms with van der Waals surface area (Å²) in [6.07, 6.45) is 3.78. The molecule has 0 aliphatic rings. The lowest BCUT2D eigenvalue weighted by Crippen LogP contribution is -2.39. The Morgan fingerprint density at radius 3 is 1.77 bits per heavy atom. The van der Waals surface area contributed by atoms with Crippen molar-refractivity contribution in [2.75, 3.05) is 7.11 Å². The zero-order valence-corrected chi connectivity index (χ0v) is 27.5. The third-order valence-electron chi connectivity index (χ3n) is 9.22. The Kier molecular flexibility index (Phi) is 8.98. The zero-order valence-electron chi connectivity index (χ0n) is 27.5. The summed E-state index contributed by atoms with van der Waals surface area (Å²) in [7, 11) is 1.29. The lowest BCUT2D eigenvalue weighted by molar-refractivity contribution is -0.142. The molecule has 7 heteroatoms. The van der Waals surface area contributed by atoms with E-state index in [1.807, 2.05) is 105 Å². The van der Waals surface area contributed by atoms with Crippen molar-refractivity contribution < 1.29 is 19.4 Å². The molecule has 0 spiro atoms. The van der Waals surface area contributed by atoms with Crippen molar-refractivity contribution in [3.05, 3.63) is 173 Å². The lowest BCUT2D eigenvalue weighted by atomic mass is 9.76. The third kappa shape index (κ3) is 5.67. The fourth-order valence-corrected chi connectivity index (χ4v) is 6.61. The topological polar surface area (TPSA) is 93.5 Å². The highest BCUT2D eigenvalue weighted by Gasteiger charge is 2.42. The number of esters is 1. The molecule has 6 rings (SSSR count). The molecule has 48 heavy (non-hydrogen) atoms. The van der Waals surface area contributed by atoms with E-state index in [1.54, 1.807) is 19.1 Å². The van der Waals surface area contributed by atoms with Crippen LogP contribution in [0, 0.1) is 5.92 Å². The number of fused-ring (bicyclic) bond motifs is 1. The standard InChI is InChI=1S/C41H39N3O4/c1-28(2)41(47,36-23-22-30-24-32(21-20-31(30)25-36)38(45)43-29(3)39(46)48-4)37-26-44(27-42-37)40(33-14-8-5-9-15-33,34-16-10-6-11-17-34)35-18-12-7-13-19-35/h5-29,47H,1-4H3,(H,43,45)/t29-,41?/m0/s1. The first-order valence-corrected chi connectivity index (χ1v) is 16.1. The highest BCUT2D eigenvalue weighted by Crippen LogP contribution is 2.43. The number of aromatic nitrogens is 2. The average molecular weight is 638 g/mol. The van der Waals surface area contributed by atoms with Crippen LogP contribution in [0.1, 0.15) is 59.1 Å². The second-order valence-electron chi connectivity index (χ2n) is 12.4. The van der Waals surface area contributed by atoms with Gasteiger partial charge in [-0.05, 0) is 64.1 Å². The van der Waals surface area contributed by atoms with E-state index in [2.05, 4.69) is 46.3 Å². The summed E-state index contributed by atoms with van der Waals surface area (Å²) in [4.78, 5) is 29.6. The molecule has 0 saturated heterocycles. The second kappa shape index (κ2) is 13.3. The highest BCUT2D eigenvalue weighted by atomic mass is 16.5. The van der Waals surface area contributed by atoms with Crippen molar-refractivity contribution in [3.8, 4) is 0 Å². The van der Waals surface area contributed by atoms with Gasteiger partial charge in [-0.3, -0.25) is 4.79 Å². The van der Waals surface area contributed by atoms with Crippen molar-refractivity contribution >= 4 is 22.6 Å². The number of carbonyl (C=O) groups is 2. The van der Waals surface area contributed by atoms with Gasteiger partial charge < -0.3 is 19.7 Å². The van der Waals surface area contributed by atoms with Crippen molar-refractivity contribution in [1.29, 1.82) is 0 Å². The Hall–Kier alpha value is -5.53. The number of ether oxygens (including phenoxy) is 1. The van der Waals surface area contributed by atoms with Crippen LogP contribution >= 0.6 is 0 Å². The number of imidazole rings is 1. The van der Waals surface area contributed by atoms with Crippen LogP contribution in [-0.2, 0) is 20.7 Å². The van der Waals surface area contributed by atoms with Gasteiger partial charge in [0, 0.05) is 11.8 Å². The Bertz CT molecular complexity index is 1940. The maximum absolute atomic E-state index is 12.8. The zero-order chi connectivity index (χ0) is 33.9. The molecule has 0 radical (unpaired) electrons. The van der Waals surface area contributed by atoms with Gasteiger partial charge in [-0.25, -0.2) is 9.78 Å². The molecule has 0 saturated carbocycles. The summed E-state index contributed by atoms with van der Waals surface area (Å²) in [5.41, 5.74) is 2.62. The van der Waals surface area contributed by atoms with E-state index in [-0.39, 0.29) is 11.8 Å². The van der Waals surface area contributed by atoms with Crippen molar-refractivity contribution in [2.24, 2.45) is 5.92 Å². The van der Waals surface area contributed by atoms with Crippen LogP contribution in [0.15, 0.2) is 140 Å². The quantitative estimate of drug-likeness (QED) is 0.124. The molecule has 1 heterocycles. The Labute approximate surface area is 280 Å². The van der Waals surface area contributed by atoms with Crippen LogP contribution in [0.5, 0.6) is 0 Å². The van der Waals surface area contributed by atoms with Gasteiger partial charge in [-0.15, -0.1) is 0 Å². The number of nitrogens with one attached hydrogen (secondary N) is 1. The molecule has 242 valence electrons. The summed E-state index contributed by atoms with van der Waals surface area (Å²) in [5.74, 6) is -1.12. The molecular weight excluding hydrogens is 598 g/mol. The molecule has 0 fully saturated rings. The number of carbonyl (C=O) groups excluding carboxylic acids is 2. The van der Waals surface area contributed by atoms with Gasteiger partial charge in [0.05, 0.1) is 19.1 Å². The van der Waals surface area contributed by atoms with Crippen molar-refractivity contribution in [3.63, 3.8) is 0 Å². The van der Waals surface area contributed by atoms with Crippen LogP contribution in [0.4, 0.5) is 0 Å². The SMILES string of the molecule is COC(=O)[C@H](C)NC(=O)c1ccc2cc(C(O)(c3cn(C(c4ccccc4)(c4ccccc4)c4ccccc4)cn3)C(C)C)ccc2c1. The first-order chi connectivity index (χ1) is 23.2. The maximum Gasteiger partial charge on any atom is 0.328 e. The summed E-state index contributed by atoms with van der Waals surface area (Å²) < 4.78 is 6.83. The Balaban J connectivity index is 1.45. The van der Waals surface area contributed by atoms with Gasteiger partial charge in [0.25, 0.3) is 5.91 Å².